The minimum Gasteiger partial charge on any atom is -0.481 e. The SMILES string of the molecule is N.NCCCC(N)CC(=O)O. The lowest BCUT2D eigenvalue weighted by molar-refractivity contribution is -0.137. The largest absolute Gasteiger partial charge is 0.481 e. The second-order valence-corrected chi connectivity index (χ2v) is 2.29. The first-order valence-corrected chi connectivity index (χ1v) is 3.34. The van der Waals surface area contributed by atoms with Gasteiger partial charge >= 0.3 is 5.97 Å². The van der Waals surface area contributed by atoms with Gasteiger partial charge in [0.1, 0.15) is 0 Å². The van der Waals surface area contributed by atoms with E-state index in [9.17, 15) is 4.79 Å². The first-order chi connectivity index (χ1) is 4.66. The lowest BCUT2D eigenvalue weighted by atomic mass is 10.1. The van der Waals surface area contributed by atoms with Crippen LogP contribution in [0.15, 0.2) is 0 Å². The number of hydrogen-bond acceptors (Lipinski definition) is 4. The molecule has 11 heavy (non-hydrogen) atoms. The number of aliphatic carboxylic acids is 1. The molecule has 0 fully saturated rings. The zero-order chi connectivity index (χ0) is 7.98. The van der Waals surface area contributed by atoms with E-state index in [1.807, 2.05) is 0 Å². The minimum atomic E-state index is -0.843. The molecule has 0 aromatic rings. The van der Waals surface area contributed by atoms with Crippen molar-refractivity contribution in [1.29, 1.82) is 0 Å². The van der Waals surface area contributed by atoms with Crippen LogP contribution in [0.25, 0.3) is 0 Å². The van der Waals surface area contributed by atoms with Gasteiger partial charge in [-0.25, -0.2) is 0 Å². The molecule has 0 saturated carbocycles. The van der Waals surface area contributed by atoms with E-state index in [2.05, 4.69) is 0 Å². The van der Waals surface area contributed by atoms with Crippen LogP contribution in [0.5, 0.6) is 0 Å². The summed E-state index contributed by atoms with van der Waals surface area (Å²) in [7, 11) is 0. The summed E-state index contributed by atoms with van der Waals surface area (Å²) < 4.78 is 0. The maximum atomic E-state index is 10.1. The van der Waals surface area contributed by atoms with E-state index in [0.29, 0.717) is 13.0 Å². The Labute approximate surface area is 66.3 Å². The molecule has 5 nitrogen and oxygen atoms in total. The first kappa shape index (κ1) is 13.0. The van der Waals surface area contributed by atoms with Crippen molar-refractivity contribution < 1.29 is 9.90 Å². The summed E-state index contributed by atoms with van der Waals surface area (Å²) in [6.07, 6.45) is 1.54. The van der Waals surface area contributed by atoms with E-state index in [-0.39, 0.29) is 18.6 Å². The fourth-order valence-electron chi connectivity index (χ4n) is 0.706. The van der Waals surface area contributed by atoms with E-state index in [4.69, 9.17) is 16.6 Å². The summed E-state index contributed by atoms with van der Waals surface area (Å²) in [5.74, 6) is -0.843. The van der Waals surface area contributed by atoms with Gasteiger partial charge in [-0.3, -0.25) is 4.79 Å². The third kappa shape index (κ3) is 9.35. The average molecular weight is 163 g/mol. The molecule has 0 aliphatic rings. The maximum absolute atomic E-state index is 10.1. The van der Waals surface area contributed by atoms with Crippen molar-refractivity contribution in [3.8, 4) is 0 Å². The van der Waals surface area contributed by atoms with Crippen LogP contribution in [-0.4, -0.2) is 23.7 Å². The lowest BCUT2D eigenvalue weighted by Gasteiger charge is -2.05. The zero-order valence-corrected chi connectivity index (χ0v) is 6.62. The van der Waals surface area contributed by atoms with Gasteiger partial charge in [0.2, 0.25) is 0 Å². The highest BCUT2D eigenvalue weighted by atomic mass is 16.4. The van der Waals surface area contributed by atoms with Gasteiger partial charge < -0.3 is 22.7 Å². The Morgan fingerprint density at radius 2 is 2.09 bits per heavy atom. The second-order valence-electron chi connectivity index (χ2n) is 2.29. The van der Waals surface area contributed by atoms with Gasteiger partial charge in [-0.1, -0.05) is 0 Å². The average Bonchev–Trinajstić information content (AvgIpc) is 1.82. The second kappa shape index (κ2) is 7.46. The smallest absolute Gasteiger partial charge is 0.304 e. The summed E-state index contributed by atoms with van der Waals surface area (Å²) in [6.45, 7) is 0.577. The van der Waals surface area contributed by atoms with Crippen LogP contribution in [0, 0.1) is 0 Å². The number of rotatable bonds is 5. The molecule has 8 N–H and O–H groups in total. The van der Waals surface area contributed by atoms with Gasteiger partial charge in [0.05, 0.1) is 6.42 Å². The Balaban J connectivity index is 0. The van der Waals surface area contributed by atoms with Crippen molar-refractivity contribution in [1.82, 2.24) is 6.15 Å². The number of hydrogen-bond donors (Lipinski definition) is 4. The van der Waals surface area contributed by atoms with Crippen molar-refractivity contribution in [2.75, 3.05) is 6.54 Å². The van der Waals surface area contributed by atoms with Crippen LogP contribution in [0.3, 0.4) is 0 Å². The number of carboxylic acids is 1. The molecule has 0 aromatic heterocycles. The fraction of sp³-hybridized carbons (Fsp3) is 0.833. The topological polar surface area (TPSA) is 124 Å². The fourth-order valence-corrected chi connectivity index (χ4v) is 0.706. The van der Waals surface area contributed by atoms with E-state index in [1.165, 1.54) is 0 Å². The van der Waals surface area contributed by atoms with Crippen molar-refractivity contribution in [3.63, 3.8) is 0 Å². The molecule has 0 aliphatic carbocycles. The highest BCUT2D eigenvalue weighted by Crippen LogP contribution is 1.96. The molecule has 0 rings (SSSR count). The van der Waals surface area contributed by atoms with Crippen molar-refractivity contribution in [2.24, 2.45) is 11.5 Å². The molecule has 0 aromatic carbocycles. The van der Waals surface area contributed by atoms with Crippen molar-refractivity contribution >= 4 is 5.97 Å². The summed E-state index contributed by atoms with van der Waals surface area (Å²) >= 11 is 0. The molecule has 0 bridgehead atoms. The van der Waals surface area contributed by atoms with Gasteiger partial charge in [-0.05, 0) is 19.4 Å². The Morgan fingerprint density at radius 1 is 1.55 bits per heavy atom. The molecule has 0 heterocycles. The minimum absolute atomic E-state index is 0. The van der Waals surface area contributed by atoms with Crippen LogP contribution < -0.4 is 17.6 Å². The number of carbonyl (C=O) groups is 1. The van der Waals surface area contributed by atoms with Gasteiger partial charge in [0, 0.05) is 6.04 Å². The summed E-state index contributed by atoms with van der Waals surface area (Å²) in [4.78, 5) is 10.1. The van der Waals surface area contributed by atoms with Gasteiger partial charge in [-0.2, -0.15) is 0 Å². The van der Waals surface area contributed by atoms with Crippen LogP contribution >= 0.6 is 0 Å². The Kier molecular flexibility index (Phi) is 8.80. The Morgan fingerprint density at radius 3 is 2.45 bits per heavy atom. The molecule has 5 heteroatoms. The predicted octanol–water partition coefficient (Wildman–Crippen LogP) is -0.311. The standard InChI is InChI=1S/C6H14N2O2.H3N/c7-3-1-2-5(8)4-6(9)10;/h5H,1-4,7-8H2,(H,9,10);1H3. The molecule has 0 aliphatic heterocycles. The summed E-state index contributed by atoms with van der Waals surface area (Å²) in [5.41, 5.74) is 10.6. The van der Waals surface area contributed by atoms with Gasteiger partial charge in [-0.15, -0.1) is 0 Å². The third-order valence-corrected chi connectivity index (χ3v) is 1.22. The van der Waals surface area contributed by atoms with Gasteiger partial charge in [0.15, 0.2) is 0 Å². The summed E-state index contributed by atoms with van der Waals surface area (Å²) in [6, 6.07) is -0.235. The van der Waals surface area contributed by atoms with Gasteiger partial charge in [0.25, 0.3) is 0 Å². The number of nitrogens with two attached hydrogens (primary N) is 2. The molecule has 0 amide bonds. The molecule has 0 saturated heterocycles. The Bertz CT molecular complexity index is 108. The monoisotopic (exact) mass is 163 g/mol. The molecule has 0 radical (unpaired) electrons. The third-order valence-electron chi connectivity index (χ3n) is 1.22. The van der Waals surface area contributed by atoms with Crippen LogP contribution in [0.4, 0.5) is 0 Å². The van der Waals surface area contributed by atoms with Crippen molar-refractivity contribution in [3.05, 3.63) is 0 Å². The molecule has 0 spiro atoms. The highest BCUT2D eigenvalue weighted by molar-refractivity contribution is 5.67. The zero-order valence-electron chi connectivity index (χ0n) is 6.62. The number of carboxylic acid groups (broad SMARTS) is 1. The normalized spacial score (nSPS) is 11.8. The first-order valence-electron chi connectivity index (χ1n) is 3.34. The Hall–Kier alpha value is -0.650. The lowest BCUT2D eigenvalue weighted by Crippen LogP contribution is -2.24. The molecular formula is C6H17N3O2. The van der Waals surface area contributed by atoms with Crippen molar-refractivity contribution in [2.45, 2.75) is 25.3 Å². The maximum Gasteiger partial charge on any atom is 0.304 e. The highest BCUT2D eigenvalue weighted by Gasteiger charge is 2.05. The molecule has 1 atom stereocenters. The predicted molar refractivity (Wildman–Crippen MR) is 43.5 cm³/mol. The van der Waals surface area contributed by atoms with Crippen LogP contribution in [0.1, 0.15) is 19.3 Å². The van der Waals surface area contributed by atoms with E-state index < -0.39 is 5.97 Å². The molecule has 1 unspecified atom stereocenters. The van der Waals surface area contributed by atoms with E-state index in [1.54, 1.807) is 0 Å². The van der Waals surface area contributed by atoms with Crippen LogP contribution in [-0.2, 0) is 4.79 Å². The summed E-state index contributed by atoms with van der Waals surface area (Å²) in [5, 5.41) is 8.27. The van der Waals surface area contributed by atoms with Crippen LogP contribution in [0.2, 0.25) is 0 Å². The van der Waals surface area contributed by atoms with E-state index >= 15 is 0 Å². The molecule has 68 valence electrons. The molecular weight excluding hydrogens is 146 g/mol. The van der Waals surface area contributed by atoms with E-state index in [0.717, 1.165) is 6.42 Å². The quantitative estimate of drug-likeness (QED) is 0.442.